The Hall–Kier alpha value is -1.30. The van der Waals surface area contributed by atoms with E-state index in [0.717, 1.165) is 26.1 Å². The fourth-order valence-corrected chi connectivity index (χ4v) is 2.36. The van der Waals surface area contributed by atoms with Gasteiger partial charge < -0.3 is 19.5 Å². The Bertz CT molecular complexity index is 443. The van der Waals surface area contributed by atoms with Gasteiger partial charge in [-0.3, -0.25) is 0 Å². The fraction of sp³-hybridized carbons (Fsp3) is 0.533. The monoisotopic (exact) mass is 313 g/mol. The lowest BCUT2D eigenvalue weighted by Gasteiger charge is -2.22. The first-order chi connectivity index (χ1) is 10.1. The van der Waals surface area contributed by atoms with E-state index in [1.165, 1.54) is 0 Å². The number of hydrogen-bond donors (Lipinski definition) is 1. The number of halogens is 1. The first-order valence-corrected chi connectivity index (χ1v) is 7.48. The van der Waals surface area contributed by atoms with Crippen molar-refractivity contribution < 1.29 is 19.4 Å². The lowest BCUT2D eigenvalue weighted by atomic mass is 10.2. The van der Waals surface area contributed by atoms with Gasteiger partial charge >= 0.3 is 5.97 Å². The van der Waals surface area contributed by atoms with Gasteiger partial charge in [-0.15, -0.1) is 0 Å². The second kappa shape index (κ2) is 8.22. The molecule has 1 saturated heterocycles. The van der Waals surface area contributed by atoms with E-state index in [1.807, 2.05) is 0 Å². The molecule has 0 aliphatic carbocycles. The van der Waals surface area contributed by atoms with E-state index >= 15 is 0 Å². The number of ether oxygens (including phenoxy) is 2. The molecule has 1 unspecified atom stereocenters. The summed E-state index contributed by atoms with van der Waals surface area (Å²) in [7, 11) is 0. The smallest absolute Gasteiger partial charge is 0.344 e. The van der Waals surface area contributed by atoms with Crippen LogP contribution in [-0.2, 0) is 9.53 Å². The van der Waals surface area contributed by atoms with Crippen molar-refractivity contribution in [3.05, 3.63) is 29.3 Å². The molecule has 1 aromatic rings. The molecular formula is C15H20ClNO4. The van der Waals surface area contributed by atoms with Crippen LogP contribution in [-0.4, -0.2) is 54.9 Å². The van der Waals surface area contributed by atoms with Crippen LogP contribution in [0.1, 0.15) is 12.8 Å². The molecule has 2 rings (SSSR count). The van der Waals surface area contributed by atoms with E-state index < -0.39 is 12.1 Å². The SMILES string of the molecule is O=C(O)C(CCN1CCCOCC1)Oc1ccc(Cl)cc1. The van der Waals surface area contributed by atoms with Crippen molar-refractivity contribution in [1.29, 1.82) is 0 Å². The number of benzene rings is 1. The molecule has 1 aromatic carbocycles. The molecule has 1 N–H and O–H groups in total. The van der Waals surface area contributed by atoms with E-state index in [-0.39, 0.29) is 0 Å². The van der Waals surface area contributed by atoms with Crippen molar-refractivity contribution >= 4 is 17.6 Å². The van der Waals surface area contributed by atoms with Gasteiger partial charge in [0.1, 0.15) is 5.75 Å². The van der Waals surface area contributed by atoms with E-state index in [0.29, 0.717) is 30.3 Å². The number of rotatable bonds is 6. The Morgan fingerprint density at radius 3 is 2.81 bits per heavy atom. The molecule has 1 aliphatic rings. The predicted molar refractivity (Wildman–Crippen MR) is 80.0 cm³/mol. The number of carboxylic acids is 1. The highest BCUT2D eigenvalue weighted by molar-refractivity contribution is 6.30. The normalized spacial score (nSPS) is 18.0. The van der Waals surface area contributed by atoms with Crippen molar-refractivity contribution in [2.45, 2.75) is 18.9 Å². The van der Waals surface area contributed by atoms with E-state index in [1.54, 1.807) is 24.3 Å². The van der Waals surface area contributed by atoms with Crippen LogP contribution in [0.5, 0.6) is 5.75 Å². The molecule has 116 valence electrons. The number of carboxylic acid groups (broad SMARTS) is 1. The summed E-state index contributed by atoms with van der Waals surface area (Å²) < 4.78 is 10.9. The third kappa shape index (κ3) is 5.53. The van der Waals surface area contributed by atoms with Gasteiger partial charge in [0.25, 0.3) is 0 Å². The zero-order valence-corrected chi connectivity index (χ0v) is 12.6. The predicted octanol–water partition coefficient (Wildman–Crippen LogP) is 2.28. The quantitative estimate of drug-likeness (QED) is 0.873. The highest BCUT2D eigenvalue weighted by Gasteiger charge is 2.21. The molecule has 1 aliphatic heterocycles. The van der Waals surface area contributed by atoms with Gasteiger partial charge in [0.2, 0.25) is 0 Å². The second-order valence-electron chi connectivity index (χ2n) is 4.99. The maximum Gasteiger partial charge on any atom is 0.344 e. The largest absolute Gasteiger partial charge is 0.479 e. The fourth-order valence-electron chi connectivity index (χ4n) is 2.23. The molecule has 1 heterocycles. The van der Waals surface area contributed by atoms with Crippen molar-refractivity contribution in [2.24, 2.45) is 0 Å². The minimum atomic E-state index is -0.948. The van der Waals surface area contributed by atoms with Crippen molar-refractivity contribution in [1.82, 2.24) is 4.90 Å². The molecule has 21 heavy (non-hydrogen) atoms. The number of nitrogens with zero attached hydrogens (tertiary/aromatic N) is 1. The van der Waals surface area contributed by atoms with Crippen LogP contribution in [0.4, 0.5) is 0 Å². The molecule has 0 saturated carbocycles. The standard InChI is InChI=1S/C15H20ClNO4/c16-12-2-4-13(5-3-12)21-14(15(18)19)6-8-17-7-1-10-20-11-9-17/h2-5,14H,1,6-11H2,(H,18,19). The summed E-state index contributed by atoms with van der Waals surface area (Å²) in [5.41, 5.74) is 0. The van der Waals surface area contributed by atoms with Crippen molar-refractivity contribution in [2.75, 3.05) is 32.8 Å². The molecule has 1 fully saturated rings. The third-order valence-corrected chi connectivity index (χ3v) is 3.64. The summed E-state index contributed by atoms with van der Waals surface area (Å²) in [5.74, 6) is -0.429. The molecular weight excluding hydrogens is 294 g/mol. The minimum Gasteiger partial charge on any atom is -0.479 e. The summed E-state index contributed by atoms with van der Waals surface area (Å²) in [6.07, 6.45) is 0.573. The van der Waals surface area contributed by atoms with Crippen LogP contribution < -0.4 is 4.74 Å². The summed E-state index contributed by atoms with van der Waals surface area (Å²) in [6.45, 7) is 3.95. The molecule has 5 nitrogen and oxygen atoms in total. The summed E-state index contributed by atoms with van der Waals surface area (Å²) in [6, 6.07) is 6.72. The van der Waals surface area contributed by atoms with Gasteiger partial charge in [-0.1, -0.05) is 11.6 Å². The Kier molecular flexibility index (Phi) is 6.29. The number of hydrogen-bond acceptors (Lipinski definition) is 4. The Labute approximate surface area is 129 Å². The van der Waals surface area contributed by atoms with Crippen LogP contribution in [0, 0.1) is 0 Å². The summed E-state index contributed by atoms with van der Waals surface area (Å²) >= 11 is 5.80. The van der Waals surface area contributed by atoms with Crippen LogP contribution in [0.15, 0.2) is 24.3 Å². The molecule has 0 radical (unpaired) electrons. The summed E-state index contributed by atoms with van der Waals surface area (Å²) in [5, 5.41) is 9.88. The Balaban J connectivity index is 1.86. The molecule has 0 aromatic heterocycles. The molecule has 0 amide bonds. The number of carbonyl (C=O) groups is 1. The van der Waals surface area contributed by atoms with Crippen LogP contribution >= 0.6 is 11.6 Å². The first kappa shape index (κ1) is 16.1. The van der Waals surface area contributed by atoms with Crippen LogP contribution in [0.3, 0.4) is 0 Å². The highest BCUT2D eigenvalue weighted by Crippen LogP contribution is 2.18. The zero-order valence-electron chi connectivity index (χ0n) is 11.8. The van der Waals surface area contributed by atoms with Crippen LogP contribution in [0.2, 0.25) is 5.02 Å². The molecule has 6 heteroatoms. The number of aliphatic carboxylic acids is 1. The lowest BCUT2D eigenvalue weighted by molar-refractivity contribution is -0.145. The van der Waals surface area contributed by atoms with Crippen LogP contribution in [0.25, 0.3) is 0 Å². The van der Waals surface area contributed by atoms with Gasteiger partial charge in [-0.25, -0.2) is 4.79 Å². The van der Waals surface area contributed by atoms with Gasteiger partial charge in [0.05, 0.1) is 6.61 Å². The van der Waals surface area contributed by atoms with Crippen molar-refractivity contribution in [3.63, 3.8) is 0 Å². The average molecular weight is 314 g/mol. The van der Waals surface area contributed by atoms with Gasteiger partial charge in [0.15, 0.2) is 6.10 Å². The van der Waals surface area contributed by atoms with Gasteiger partial charge in [-0.05, 0) is 30.7 Å². The Morgan fingerprint density at radius 2 is 2.10 bits per heavy atom. The van der Waals surface area contributed by atoms with Crippen molar-refractivity contribution in [3.8, 4) is 5.75 Å². The summed E-state index contributed by atoms with van der Waals surface area (Å²) in [4.78, 5) is 13.5. The minimum absolute atomic E-state index is 0.442. The second-order valence-corrected chi connectivity index (χ2v) is 5.43. The van der Waals surface area contributed by atoms with Gasteiger partial charge in [0, 0.05) is 37.7 Å². The maximum atomic E-state index is 11.3. The topological polar surface area (TPSA) is 59.0 Å². The average Bonchev–Trinajstić information content (AvgIpc) is 2.74. The lowest BCUT2D eigenvalue weighted by Crippen LogP contribution is -2.34. The molecule has 0 spiro atoms. The zero-order chi connectivity index (χ0) is 15.1. The molecule has 0 bridgehead atoms. The Morgan fingerprint density at radius 1 is 1.33 bits per heavy atom. The molecule has 1 atom stereocenters. The van der Waals surface area contributed by atoms with E-state index in [2.05, 4.69) is 4.90 Å². The van der Waals surface area contributed by atoms with Gasteiger partial charge in [-0.2, -0.15) is 0 Å². The maximum absolute atomic E-state index is 11.3. The van der Waals surface area contributed by atoms with E-state index in [9.17, 15) is 9.90 Å². The van der Waals surface area contributed by atoms with E-state index in [4.69, 9.17) is 21.1 Å². The highest BCUT2D eigenvalue weighted by atomic mass is 35.5. The first-order valence-electron chi connectivity index (χ1n) is 7.10. The third-order valence-electron chi connectivity index (χ3n) is 3.39.